The first-order valence-corrected chi connectivity index (χ1v) is 13.1. The summed E-state index contributed by atoms with van der Waals surface area (Å²) < 4.78 is 0.762. The summed E-state index contributed by atoms with van der Waals surface area (Å²) in [7, 11) is 0. The van der Waals surface area contributed by atoms with Crippen molar-refractivity contribution < 1.29 is 45.0 Å². The third-order valence-corrected chi connectivity index (χ3v) is 7.60. The van der Waals surface area contributed by atoms with Gasteiger partial charge in [0.1, 0.15) is 0 Å². The molecule has 1 aromatic carbocycles. The Hall–Kier alpha value is -0.420. The van der Waals surface area contributed by atoms with Crippen LogP contribution in [0.1, 0.15) is 27.6 Å². The summed E-state index contributed by atoms with van der Waals surface area (Å²) in [6, 6.07) is 0. The van der Waals surface area contributed by atoms with Gasteiger partial charge in [-0.25, -0.2) is 0 Å². The molecule has 12 nitrogen and oxygen atoms in total. The maximum Gasteiger partial charge on any atom is 0.253 e. The van der Waals surface area contributed by atoms with Crippen LogP contribution >= 0.6 is 67.8 Å². The van der Waals surface area contributed by atoms with Crippen LogP contribution in [0.4, 0.5) is 5.69 Å². The highest BCUT2D eigenvalue weighted by Crippen LogP contribution is 2.38. The second-order valence-corrected chi connectivity index (χ2v) is 10.3. The summed E-state index contributed by atoms with van der Waals surface area (Å²) in [6.45, 7) is -1.41. The number of anilines is 1. The standard InChI is InChI=1S/C19H26I3N3O9/c1-8(29)25(4-11(32)7-28)17-15(21)12(18(33)23-2-9(30)5-26)14(20)13(16(17)22)19(34)24-3-10(31)6-27/h9-11,26-28,30-32H,2-7H2,1H3,(H,23,33)(H,24,34)/t9-,10+,11-/m0/s1. The van der Waals surface area contributed by atoms with Gasteiger partial charge in [0.25, 0.3) is 11.8 Å². The predicted octanol–water partition coefficient (Wildman–Crippen LogP) is -1.63. The lowest BCUT2D eigenvalue weighted by atomic mass is 10.1. The van der Waals surface area contributed by atoms with Gasteiger partial charge in [-0.15, -0.1) is 0 Å². The van der Waals surface area contributed by atoms with Gasteiger partial charge in [0.05, 0.1) is 68.6 Å². The average Bonchev–Trinajstić information content (AvgIpc) is 2.79. The molecule has 34 heavy (non-hydrogen) atoms. The van der Waals surface area contributed by atoms with Gasteiger partial charge in [0.15, 0.2) is 0 Å². The maximum atomic E-state index is 13.0. The van der Waals surface area contributed by atoms with E-state index in [-0.39, 0.29) is 47.2 Å². The number of rotatable bonds is 12. The van der Waals surface area contributed by atoms with Crippen molar-refractivity contribution in [1.82, 2.24) is 10.6 Å². The first-order valence-electron chi connectivity index (χ1n) is 9.82. The van der Waals surface area contributed by atoms with E-state index >= 15 is 0 Å². The van der Waals surface area contributed by atoms with E-state index in [2.05, 4.69) is 10.6 Å². The molecule has 15 heteroatoms. The van der Waals surface area contributed by atoms with Crippen LogP contribution in [0.2, 0.25) is 0 Å². The Labute approximate surface area is 236 Å². The molecule has 0 radical (unpaired) electrons. The molecule has 0 saturated carbocycles. The monoisotopic (exact) mass is 821 g/mol. The molecule has 3 atom stereocenters. The zero-order valence-electron chi connectivity index (χ0n) is 18.0. The van der Waals surface area contributed by atoms with Gasteiger partial charge in [-0.3, -0.25) is 14.4 Å². The van der Waals surface area contributed by atoms with E-state index in [4.69, 9.17) is 10.2 Å². The zero-order chi connectivity index (χ0) is 26.2. The van der Waals surface area contributed by atoms with Gasteiger partial charge >= 0.3 is 0 Å². The average molecular weight is 821 g/mol. The van der Waals surface area contributed by atoms with Crippen molar-refractivity contribution in [3.05, 3.63) is 21.8 Å². The van der Waals surface area contributed by atoms with E-state index in [1.54, 1.807) is 22.6 Å². The number of hydrogen-bond acceptors (Lipinski definition) is 9. The highest BCUT2D eigenvalue weighted by Gasteiger charge is 2.32. The number of benzene rings is 1. The largest absolute Gasteiger partial charge is 0.394 e. The highest BCUT2D eigenvalue weighted by atomic mass is 127. The Morgan fingerprint density at radius 1 is 0.765 bits per heavy atom. The van der Waals surface area contributed by atoms with Crippen LogP contribution in [-0.2, 0) is 4.79 Å². The highest BCUT2D eigenvalue weighted by molar-refractivity contribution is 14.1. The summed E-state index contributed by atoms with van der Waals surface area (Å²) in [4.78, 5) is 39.6. The van der Waals surface area contributed by atoms with Crippen LogP contribution < -0.4 is 15.5 Å². The first-order chi connectivity index (χ1) is 15.9. The van der Waals surface area contributed by atoms with E-state index in [1.807, 2.05) is 45.2 Å². The molecular weight excluding hydrogens is 795 g/mol. The van der Waals surface area contributed by atoms with Crippen molar-refractivity contribution in [2.24, 2.45) is 0 Å². The van der Waals surface area contributed by atoms with E-state index in [9.17, 15) is 34.8 Å². The Kier molecular flexibility index (Phi) is 13.9. The molecule has 1 aromatic rings. The van der Waals surface area contributed by atoms with Crippen molar-refractivity contribution in [2.75, 3.05) is 44.4 Å². The normalized spacial score (nSPS) is 13.7. The topological polar surface area (TPSA) is 200 Å². The molecule has 192 valence electrons. The zero-order valence-corrected chi connectivity index (χ0v) is 24.4. The van der Waals surface area contributed by atoms with Crippen LogP contribution in [0.15, 0.2) is 0 Å². The third-order valence-electron chi connectivity index (χ3n) is 4.42. The lowest BCUT2D eigenvalue weighted by molar-refractivity contribution is -0.117. The van der Waals surface area contributed by atoms with E-state index < -0.39 is 55.9 Å². The van der Waals surface area contributed by atoms with Crippen LogP contribution in [-0.4, -0.2) is 106 Å². The second-order valence-electron chi connectivity index (χ2n) is 7.10. The number of hydrogen-bond donors (Lipinski definition) is 8. The van der Waals surface area contributed by atoms with Gasteiger partial charge in [-0.05, 0) is 67.8 Å². The number of nitrogens with zero attached hydrogens (tertiary/aromatic N) is 1. The molecule has 0 fully saturated rings. The number of nitrogens with one attached hydrogen (secondary N) is 2. The maximum absolute atomic E-state index is 13.0. The van der Waals surface area contributed by atoms with Gasteiger partial charge in [-0.2, -0.15) is 0 Å². The second kappa shape index (κ2) is 15.0. The molecule has 0 spiro atoms. The van der Waals surface area contributed by atoms with Crippen LogP contribution in [0.25, 0.3) is 0 Å². The van der Waals surface area contributed by atoms with E-state index in [0.717, 1.165) is 4.90 Å². The fourth-order valence-corrected chi connectivity index (χ4v) is 7.39. The summed E-state index contributed by atoms with van der Waals surface area (Å²) in [6.07, 6.45) is -3.71. The van der Waals surface area contributed by atoms with Crippen molar-refractivity contribution >= 4 is 91.2 Å². The van der Waals surface area contributed by atoms with Crippen LogP contribution in [0, 0.1) is 10.7 Å². The molecule has 8 N–H and O–H groups in total. The number of aliphatic hydroxyl groups excluding tert-OH is 6. The molecule has 0 bridgehead atoms. The van der Waals surface area contributed by atoms with Gasteiger partial charge < -0.3 is 46.2 Å². The summed E-state index contributed by atoms with van der Waals surface area (Å²) in [5.74, 6) is -1.89. The molecule has 1 rings (SSSR count). The SMILES string of the molecule is CC(=O)N(C[C@H](O)CO)c1c(I)c(C(=O)NC[C@H](O)CO)c(I)c(C(=O)NC[C@@H](O)CO)c1I. The Morgan fingerprint density at radius 3 is 1.47 bits per heavy atom. The Morgan fingerprint density at radius 2 is 1.15 bits per heavy atom. The summed E-state index contributed by atoms with van der Waals surface area (Å²) >= 11 is 5.47. The van der Waals surface area contributed by atoms with Gasteiger partial charge in [-0.1, -0.05) is 0 Å². The van der Waals surface area contributed by atoms with Gasteiger partial charge in [0, 0.05) is 23.6 Å². The summed E-state index contributed by atoms with van der Waals surface area (Å²) in [5, 5.41) is 61.3. The number of carbonyl (C=O) groups excluding carboxylic acids is 3. The number of amides is 3. The van der Waals surface area contributed by atoms with Crippen LogP contribution in [0.5, 0.6) is 0 Å². The molecule has 0 unspecified atom stereocenters. The fraction of sp³-hybridized carbons (Fsp3) is 0.526. The minimum absolute atomic E-state index is 0.0133. The lowest BCUT2D eigenvalue weighted by Gasteiger charge is -2.28. The minimum Gasteiger partial charge on any atom is -0.394 e. The first kappa shape index (κ1) is 31.6. The lowest BCUT2D eigenvalue weighted by Crippen LogP contribution is -2.41. The molecule has 0 heterocycles. The van der Waals surface area contributed by atoms with E-state index in [0.29, 0.717) is 0 Å². The Balaban J connectivity index is 3.73. The number of halogens is 3. The van der Waals surface area contributed by atoms with Crippen molar-refractivity contribution in [3.63, 3.8) is 0 Å². The number of aliphatic hydroxyl groups is 6. The molecular formula is C19H26I3N3O9. The molecule has 0 saturated heterocycles. The molecule has 3 amide bonds. The van der Waals surface area contributed by atoms with Crippen molar-refractivity contribution in [3.8, 4) is 0 Å². The van der Waals surface area contributed by atoms with Crippen molar-refractivity contribution in [2.45, 2.75) is 25.2 Å². The number of carbonyl (C=O) groups is 3. The molecule has 0 aliphatic heterocycles. The smallest absolute Gasteiger partial charge is 0.253 e. The van der Waals surface area contributed by atoms with Crippen molar-refractivity contribution in [1.29, 1.82) is 0 Å². The summed E-state index contributed by atoms with van der Waals surface area (Å²) in [5.41, 5.74) is 0.182. The minimum atomic E-state index is -1.29. The molecule has 0 aliphatic rings. The fourth-order valence-electron chi connectivity index (χ4n) is 2.66. The van der Waals surface area contributed by atoms with Gasteiger partial charge in [0.2, 0.25) is 5.91 Å². The third kappa shape index (κ3) is 8.32. The predicted molar refractivity (Wildman–Crippen MR) is 147 cm³/mol. The Bertz CT molecular complexity index is 850. The van der Waals surface area contributed by atoms with Crippen LogP contribution in [0.3, 0.4) is 0 Å². The molecule has 0 aromatic heterocycles. The quantitative estimate of drug-likeness (QED) is 0.114. The van der Waals surface area contributed by atoms with E-state index in [1.165, 1.54) is 6.92 Å². The molecule has 0 aliphatic carbocycles.